The number of morpholine rings is 1. The molecule has 1 fully saturated rings. The van der Waals surface area contributed by atoms with Gasteiger partial charge >= 0.3 is 6.09 Å². The number of alkyl carbamates (subject to hydrolysis) is 1. The van der Waals surface area contributed by atoms with Crippen molar-refractivity contribution in [3.05, 3.63) is 0 Å². The van der Waals surface area contributed by atoms with Gasteiger partial charge in [-0.2, -0.15) is 0 Å². The maximum atomic E-state index is 12.4. The van der Waals surface area contributed by atoms with Gasteiger partial charge in [0.05, 0.1) is 13.2 Å². The van der Waals surface area contributed by atoms with Crippen molar-refractivity contribution in [2.45, 2.75) is 38.8 Å². The Kier molecular flexibility index (Phi) is 6.91. The van der Waals surface area contributed by atoms with Gasteiger partial charge in [-0.3, -0.25) is 4.79 Å². The number of rotatable bonds is 5. The first-order chi connectivity index (χ1) is 9.83. The molecule has 1 atom stereocenters. The molecule has 1 saturated heterocycles. The normalized spacial score (nSPS) is 17.2. The van der Waals surface area contributed by atoms with E-state index in [0.717, 1.165) is 0 Å². The third-order valence-corrected chi connectivity index (χ3v) is 2.92. The number of nitrogens with one attached hydrogen (secondary N) is 1. The first-order valence-electron chi connectivity index (χ1n) is 7.18. The van der Waals surface area contributed by atoms with E-state index in [1.807, 2.05) is 0 Å². The highest BCUT2D eigenvalue weighted by atomic mass is 16.6. The van der Waals surface area contributed by atoms with E-state index in [4.69, 9.17) is 14.2 Å². The number of methoxy groups -OCH3 is 1. The van der Waals surface area contributed by atoms with Crippen LogP contribution in [0.25, 0.3) is 0 Å². The minimum Gasteiger partial charge on any atom is -0.444 e. The number of carbonyl (C=O) groups excluding carboxylic acids is 2. The standard InChI is InChI=1S/C14H26N2O5/c1-14(2,3)21-13(18)15-11(5-8-19-4)12(17)16-6-9-20-10-7-16/h11H,5-10H2,1-4H3,(H,15,18)/t11-/m0/s1. The van der Waals surface area contributed by atoms with Crippen LogP contribution in [0.2, 0.25) is 0 Å². The highest BCUT2D eigenvalue weighted by Gasteiger charge is 2.28. The van der Waals surface area contributed by atoms with Crippen molar-refractivity contribution in [1.29, 1.82) is 0 Å². The SMILES string of the molecule is COCC[C@H](NC(=O)OC(C)(C)C)C(=O)N1CCOCC1. The third-order valence-electron chi connectivity index (χ3n) is 2.92. The molecule has 0 bridgehead atoms. The summed E-state index contributed by atoms with van der Waals surface area (Å²) in [4.78, 5) is 26.0. The van der Waals surface area contributed by atoms with Gasteiger partial charge in [0.2, 0.25) is 5.91 Å². The molecule has 1 aliphatic rings. The molecule has 2 amide bonds. The lowest BCUT2D eigenvalue weighted by molar-refractivity contribution is -0.138. The summed E-state index contributed by atoms with van der Waals surface area (Å²) >= 11 is 0. The number of carbonyl (C=O) groups is 2. The van der Waals surface area contributed by atoms with Gasteiger partial charge in [0.1, 0.15) is 11.6 Å². The van der Waals surface area contributed by atoms with Gasteiger partial charge in [-0.25, -0.2) is 4.79 Å². The Labute approximate surface area is 125 Å². The fourth-order valence-corrected chi connectivity index (χ4v) is 1.95. The molecule has 0 saturated carbocycles. The smallest absolute Gasteiger partial charge is 0.408 e. The predicted molar refractivity (Wildman–Crippen MR) is 77.0 cm³/mol. The van der Waals surface area contributed by atoms with Crippen LogP contribution in [0.4, 0.5) is 4.79 Å². The van der Waals surface area contributed by atoms with Crippen LogP contribution in [-0.2, 0) is 19.0 Å². The van der Waals surface area contributed by atoms with Crippen LogP contribution < -0.4 is 5.32 Å². The Balaban J connectivity index is 2.61. The van der Waals surface area contributed by atoms with Gasteiger partial charge in [-0.15, -0.1) is 0 Å². The number of amides is 2. The summed E-state index contributed by atoms with van der Waals surface area (Å²) in [6.07, 6.45) is -0.184. The zero-order valence-electron chi connectivity index (χ0n) is 13.3. The Morgan fingerprint density at radius 1 is 1.29 bits per heavy atom. The molecule has 122 valence electrons. The van der Waals surface area contributed by atoms with Crippen molar-refractivity contribution >= 4 is 12.0 Å². The van der Waals surface area contributed by atoms with Gasteiger partial charge in [-0.05, 0) is 20.8 Å². The molecule has 0 aromatic carbocycles. The number of hydrogen-bond acceptors (Lipinski definition) is 5. The topological polar surface area (TPSA) is 77.1 Å². The maximum absolute atomic E-state index is 12.4. The molecule has 1 rings (SSSR count). The number of nitrogens with zero attached hydrogens (tertiary/aromatic N) is 1. The quantitative estimate of drug-likeness (QED) is 0.812. The van der Waals surface area contributed by atoms with E-state index in [1.165, 1.54) is 0 Å². The number of hydrogen-bond donors (Lipinski definition) is 1. The van der Waals surface area contributed by atoms with Crippen molar-refractivity contribution in [1.82, 2.24) is 10.2 Å². The van der Waals surface area contributed by atoms with Crippen LogP contribution in [0.3, 0.4) is 0 Å². The van der Waals surface area contributed by atoms with Crippen molar-refractivity contribution in [2.75, 3.05) is 40.0 Å². The third kappa shape index (κ3) is 6.77. The molecule has 7 nitrogen and oxygen atoms in total. The lowest BCUT2D eigenvalue weighted by Gasteiger charge is -2.31. The fourth-order valence-electron chi connectivity index (χ4n) is 1.95. The van der Waals surface area contributed by atoms with Gasteiger partial charge < -0.3 is 24.4 Å². The lowest BCUT2D eigenvalue weighted by atomic mass is 10.1. The second-order valence-electron chi connectivity index (χ2n) is 5.92. The molecular weight excluding hydrogens is 276 g/mol. The Hall–Kier alpha value is -1.34. The maximum Gasteiger partial charge on any atom is 0.408 e. The van der Waals surface area contributed by atoms with E-state index >= 15 is 0 Å². The Bertz CT molecular complexity index is 348. The lowest BCUT2D eigenvalue weighted by Crippen LogP contribution is -2.52. The largest absolute Gasteiger partial charge is 0.444 e. The molecule has 7 heteroatoms. The van der Waals surface area contributed by atoms with E-state index in [0.29, 0.717) is 39.3 Å². The molecule has 0 spiro atoms. The molecular formula is C14H26N2O5. The van der Waals surface area contributed by atoms with Crippen LogP contribution in [0, 0.1) is 0 Å². The Morgan fingerprint density at radius 2 is 1.90 bits per heavy atom. The summed E-state index contributed by atoms with van der Waals surface area (Å²) in [5, 5.41) is 2.63. The second-order valence-corrected chi connectivity index (χ2v) is 5.92. The molecule has 0 aromatic rings. The van der Waals surface area contributed by atoms with E-state index < -0.39 is 17.7 Å². The zero-order valence-corrected chi connectivity index (χ0v) is 13.3. The van der Waals surface area contributed by atoms with Crippen LogP contribution in [0.1, 0.15) is 27.2 Å². The summed E-state index contributed by atoms with van der Waals surface area (Å²) in [6, 6.07) is -0.641. The van der Waals surface area contributed by atoms with Gasteiger partial charge in [0, 0.05) is 33.2 Å². The van der Waals surface area contributed by atoms with Gasteiger partial charge in [0.25, 0.3) is 0 Å². The van der Waals surface area contributed by atoms with E-state index in [-0.39, 0.29) is 5.91 Å². The minimum atomic E-state index is -0.641. The highest BCUT2D eigenvalue weighted by molar-refractivity contribution is 5.85. The molecule has 21 heavy (non-hydrogen) atoms. The van der Waals surface area contributed by atoms with Crippen molar-refractivity contribution < 1.29 is 23.8 Å². The fraction of sp³-hybridized carbons (Fsp3) is 0.857. The van der Waals surface area contributed by atoms with E-state index in [1.54, 1.807) is 32.8 Å². The zero-order chi connectivity index (χ0) is 15.9. The van der Waals surface area contributed by atoms with Crippen LogP contribution in [0.5, 0.6) is 0 Å². The average molecular weight is 302 g/mol. The van der Waals surface area contributed by atoms with Gasteiger partial charge in [-0.1, -0.05) is 0 Å². The van der Waals surface area contributed by atoms with Crippen LogP contribution in [-0.4, -0.2) is 68.6 Å². The number of ether oxygens (including phenoxy) is 3. The summed E-state index contributed by atoms with van der Waals surface area (Å²) in [6.45, 7) is 7.85. The molecule has 1 N–H and O–H groups in total. The summed E-state index contributed by atoms with van der Waals surface area (Å²) in [5.74, 6) is -0.124. The van der Waals surface area contributed by atoms with Crippen molar-refractivity contribution in [2.24, 2.45) is 0 Å². The van der Waals surface area contributed by atoms with Crippen LogP contribution in [0.15, 0.2) is 0 Å². The van der Waals surface area contributed by atoms with E-state index in [2.05, 4.69) is 5.32 Å². The minimum absolute atomic E-state index is 0.124. The summed E-state index contributed by atoms with van der Waals surface area (Å²) < 4.78 is 15.4. The monoisotopic (exact) mass is 302 g/mol. The predicted octanol–water partition coefficient (Wildman–Crippen LogP) is 0.775. The van der Waals surface area contributed by atoms with Crippen LogP contribution >= 0.6 is 0 Å². The van der Waals surface area contributed by atoms with Crippen molar-refractivity contribution in [3.8, 4) is 0 Å². The summed E-state index contributed by atoms with van der Waals surface area (Å²) in [7, 11) is 1.56. The molecule has 0 aliphatic carbocycles. The average Bonchev–Trinajstić information content (AvgIpc) is 2.41. The molecule has 0 aromatic heterocycles. The Morgan fingerprint density at radius 3 is 2.43 bits per heavy atom. The first kappa shape index (κ1) is 17.7. The highest BCUT2D eigenvalue weighted by Crippen LogP contribution is 2.09. The second kappa shape index (κ2) is 8.19. The molecule has 0 unspecified atom stereocenters. The molecule has 1 aliphatic heterocycles. The molecule has 0 radical (unpaired) electrons. The molecule has 1 heterocycles. The summed E-state index contributed by atoms with van der Waals surface area (Å²) in [5.41, 5.74) is -0.599. The first-order valence-corrected chi connectivity index (χ1v) is 7.18. The van der Waals surface area contributed by atoms with E-state index in [9.17, 15) is 9.59 Å². The van der Waals surface area contributed by atoms with Crippen molar-refractivity contribution in [3.63, 3.8) is 0 Å². The van der Waals surface area contributed by atoms with Gasteiger partial charge in [0.15, 0.2) is 0 Å².